The second-order valence-corrected chi connectivity index (χ2v) is 6.89. The van der Waals surface area contributed by atoms with Gasteiger partial charge < -0.3 is 15.4 Å². The molecule has 2 N–H and O–H groups in total. The predicted molar refractivity (Wildman–Crippen MR) is 83.9 cm³/mol. The highest BCUT2D eigenvalue weighted by Gasteiger charge is 2.29. The summed E-state index contributed by atoms with van der Waals surface area (Å²) in [7, 11) is 0. The highest BCUT2D eigenvalue weighted by molar-refractivity contribution is 5.68. The number of nitrogens with two attached hydrogens (primary N) is 1. The molecule has 1 aromatic carbocycles. The molecule has 1 aliphatic heterocycles. The highest BCUT2D eigenvalue weighted by Crippen LogP contribution is 2.29. The van der Waals surface area contributed by atoms with Gasteiger partial charge >= 0.3 is 6.09 Å². The normalized spacial score (nSPS) is 18.1. The third-order valence-corrected chi connectivity index (χ3v) is 3.93. The number of carbonyl (C=O) groups excluding carboxylic acids is 1. The molecule has 4 nitrogen and oxygen atoms in total. The van der Waals surface area contributed by atoms with E-state index < -0.39 is 5.60 Å². The van der Waals surface area contributed by atoms with Crippen LogP contribution in [0.25, 0.3) is 0 Å². The highest BCUT2D eigenvalue weighted by atomic mass is 19.1. The van der Waals surface area contributed by atoms with Crippen molar-refractivity contribution in [2.24, 2.45) is 11.7 Å². The molecule has 1 aliphatic rings. The van der Waals surface area contributed by atoms with Gasteiger partial charge in [-0.3, -0.25) is 0 Å². The monoisotopic (exact) mass is 308 g/mol. The molecular formula is C17H25FN2O2. The Kier molecular flexibility index (Phi) is 5.06. The Morgan fingerprint density at radius 2 is 2.00 bits per heavy atom. The second kappa shape index (κ2) is 6.65. The number of likely N-dealkylation sites (tertiary alicyclic amines) is 1. The van der Waals surface area contributed by atoms with Gasteiger partial charge in [-0.25, -0.2) is 9.18 Å². The van der Waals surface area contributed by atoms with Crippen LogP contribution in [0.3, 0.4) is 0 Å². The summed E-state index contributed by atoms with van der Waals surface area (Å²) in [5, 5.41) is 0. The van der Waals surface area contributed by atoms with Crippen molar-refractivity contribution in [2.45, 2.75) is 45.3 Å². The Labute approximate surface area is 131 Å². The van der Waals surface area contributed by atoms with Crippen LogP contribution in [0.15, 0.2) is 24.3 Å². The van der Waals surface area contributed by atoms with Crippen LogP contribution >= 0.6 is 0 Å². The van der Waals surface area contributed by atoms with E-state index in [4.69, 9.17) is 10.5 Å². The molecule has 0 aliphatic carbocycles. The maximum Gasteiger partial charge on any atom is 0.410 e. The Morgan fingerprint density at radius 3 is 2.55 bits per heavy atom. The predicted octanol–water partition coefficient (Wildman–Crippen LogP) is 3.47. The Balaban J connectivity index is 1.90. The molecule has 1 saturated heterocycles. The molecule has 0 saturated carbocycles. The Hall–Kier alpha value is -1.62. The molecule has 1 heterocycles. The summed E-state index contributed by atoms with van der Waals surface area (Å²) in [6.45, 7) is 6.83. The zero-order chi connectivity index (χ0) is 16.3. The van der Waals surface area contributed by atoms with Gasteiger partial charge in [0.25, 0.3) is 0 Å². The molecule has 5 heteroatoms. The van der Waals surface area contributed by atoms with Crippen LogP contribution in [0.2, 0.25) is 0 Å². The summed E-state index contributed by atoms with van der Waals surface area (Å²) >= 11 is 0. The smallest absolute Gasteiger partial charge is 0.410 e. The molecule has 0 spiro atoms. The lowest BCUT2D eigenvalue weighted by molar-refractivity contribution is 0.0174. The molecule has 1 aromatic rings. The van der Waals surface area contributed by atoms with Crippen molar-refractivity contribution >= 4 is 6.09 Å². The third kappa shape index (κ3) is 4.44. The standard InChI is InChI=1S/C17H25FN2O2/c1-17(2,3)22-16(21)20-9-7-12(8-10-20)15(19)13-5-4-6-14(18)11-13/h4-6,11-12,15H,7-10,19H2,1-3H3/t15-/m1/s1. The van der Waals surface area contributed by atoms with Gasteiger partial charge in [0.05, 0.1) is 0 Å². The van der Waals surface area contributed by atoms with Gasteiger partial charge in [0.15, 0.2) is 0 Å². The summed E-state index contributed by atoms with van der Waals surface area (Å²) in [6, 6.07) is 6.25. The molecule has 1 atom stereocenters. The number of hydrogen-bond donors (Lipinski definition) is 1. The largest absolute Gasteiger partial charge is 0.444 e. The van der Waals surface area contributed by atoms with E-state index in [1.807, 2.05) is 26.8 Å². The van der Waals surface area contributed by atoms with Crippen LogP contribution < -0.4 is 5.73 Å². The van der Waals surface area contributed by atoms with Crippen LogP contribution in [0.4, 0.5) is 9.18 Å². The lowest BCUT2D eigenvalue weighted by atomic mass is 9.86. The van der Waals surface area contributed by atoms with E-state index >= 15 is 0 Å². The molecule has 0 unspecified atom stereocenters. The fourth-order valence-corrected chi connectivity index (χ4v) is 2.75. The van der Waals surface area contributed by atoms with Crippen LogP contribution in [0.1, 0.15) is 45.2 Å². The molecule has 22 heavy (non-hydrogen) atoms. The van der Waals surface area contributed by atoms with Crippen LogP contribution in [0.5, 0.6) is 0 Å². The first kappa shape index (κ1) is 16.7. The first-order valence-corrected chi connectivity index (χ1v) is 7.75. The maximum absolute atomic E-state index is 13.3. The number of benzene rings is 1. The average molecular weight is 308 g/mol. The number of hydrogen-bond acceptors (Lipinski definition) is 3. The lowest BCUT2D eigenvalue weighted by Gasteiger charge is -2.35. The molecule has 1 amide bonds. The van der Waals surface area contributed by atoms with E-state index in [-0.39, 0.29) is 23.9 Å². The first-order chi connectivity index (χ1) is 10.3. The SMILES string of the molecule is CC(C)(C)OC(=O)N1CCC([C@@H](N)c2cccc(F)c2)CC1. The lowest BCUT2D eigenvalue weighted by Crippen LogP contribution is -2.43. The minimum atomic E-state index is -0.480. The van der Waals surface area contributed by atoms with E-state index in [2.05, 4.69) is 0 Å². The Bertz CT molecular complexity index is 520. The third-order valence-electron chi connectivity index (χ3n) is 3.93. The zero-order valence-corrected chi connectivity index (χ0v) is 13.5. The molecular weight excluding hydrogens is 283 g/mol. The number of ether oxygens (including phenoxy) is 1. The maximum atomic E-state index is 13.3. The van der Waals surface area contributed by atoms with Crippen LogP contribution in [0, 0.1) is 11.7 Å². The Morgan fingerprint density at radius 1 is 1.36 bits per heavy atom. The molecule has 0 bridgehead atoms. The summed E-state index contributed by atoms with van der Waals surface area (Å²) < 4.78 is 18.7. The summed E-state index contributed by atoms with van der Waals surface area (Å²) in [5.74, 6) is -0.0142. The van der Waals surface area contributed by atoms with Crippen molar-refractivity contribution in [3.63, 3.8) is 0 Å². The fourth-order valence-electron chi connectivity index (χ4n) is 2.75. The second-order valence-electron chi connectivity index (χ2n) is 6.89. The van der Waals surface area contributed by atoms with Gasteiger partial charge in [-0.1, -0.05) is 12.1 Å². The molecule has 0 radical (unpaired) electrons. The summed E-state index contributed by atoms with van der Waals surface area (Å²) in [4.78, 5) is 13.8. The van der Waals surface area contributed by atoms with Crippen molar-refractivity contribution in [1.29, 1.82) is 0 Å². The van der Waals surface area contributed by atoms with Crippen molar-refractivity contribution in [3.8, 4) is 0 Å². The van der Waals surface area contributed by atoms with E-state index in [0.717, 1.165) is 18.4 Å². The van der Waals surface area contributed by atoms with Gasteiger partial charge in [0, 0.05) is 19.1 Å². The van der Waals surface area contributed by atoms with Crippen LogP contribution in [-0.4, -0.2) is 29.7 Å². The molecule has 1 fully saturated rings. The van der Waals surface area contributed by atoms with Gasteiger partial charge in [-0.2, -0.15) is 0 Å². The van der Waals surface area contributed by atoms with Crippen LogP contribution in [-0.2, 0) is 4.74 Å². The van der Waals surface area contributed by atoms with Crippen molar-refractivity contribution < 1.29 is 13.9 Å². The van der Waals surface area contributed by atoms with Gasteiger partial charge in [-0.15, -0.1) is 0 Å². The van der Waals surface area contributed by atoms with Crippen molar-refractivity contribution in [1.82, 2.24) is 4.90 Å². The average Bonchev–Trinajstić information content (AvgIpc) is 2.45. The fraction of sp³-hybridized carbons (Fsp3) is 0.588. The number of piperidine rings is 1. The van der Waals surface area contributed by atoms with E-state index in [0.29, 0.717) is 13.1 Å². The van der Waals surface area contributed by atoms with E-state index in [9.17, 15) is 9.18 Å². The first-order valence-electron chi connectivity index (χ1n) is 7.75. The minimum Gasteiger partial charge on any atom is -0.444 e. The van der Waals surface area contributed by atoms with Crippen molar-refractivity contribution in [3.05, 3.63) is 35.6 Å². The number of nitrogens with zero attached hydrogens (tertiary/aromatic N) is 1. The zero-order valence-electron chi connectivity index (χ0n) is 13.5. The van der Waals surface area contributed by atoms with Crippen molar-refractivity contribution in [2.75, 3.05) is 13.1 Å². The van der Waals surface area contributed by atoms with Gasteiger partial charge in [-0.05, 0) is 57.2 Å². The molecule has 122 valence electrons. The number of amides is 1. The minimum absolute atomic E-state index is 0.198. The van der Waals surface area contributed by atoms with Gasteiger partial charge in [0.2, 0.25) is 0 Å². The van der Waals surface area contributed by atoms with E-state index in [1.54, 1.807) is 11.0 Å². The summed E-state index contributed by atoms with van der Waals surface area (Å²) in [6.07, 6.45) is 1.33. The number of halogens is 1. The summed E-state index contributed by atoms with van der Waals surface area (Å²) in [5.41, 5.74) is 6.60. The number of rotatable bonds is 2. The quantitative estimate of drug-likeness (QED) is 0.910. The van der Waals surface area contributed by atoms with E-state index in [1.165, 1.54) is 12.1 Å². The molecule has 2 rings (SSSR count). The van der Waals surface area contributed by atoms with Gasteiger partial charge in [0.1, 0.15) is 11.4 Å². The molecule has 0 aromatic heterocycles. The topological polar surface area (TPSA) is 55.6 Å². The number of carbonyl (C=O) groups is 1.